The van der Waals surface area contributed by atoms with Gasteiger partial charge in [0, 0.05) is 31.2 Å². The largest absolute Gasteiger partial charge is 0.290 e. The van der Waals surface area contributed by atoms with Crippen LogP contribution in [-0.4, -0.2) is 43.8 Å². The molecule has 0 saturated carbocycles. The minimum atomic E-state index is -3.52. The number of piperazine rings is 1. The van der Waals surface area contributed by atoms with E-state index in [0.29, 0.717) is 36.1 Å². The highest BCUT2D eigenvalue weighted by Crippen LogP contribution is 2.33. The van der Waals surface area contributed by atoms with Crippen molar-refractivity contribution >= 4 is 21.6 Å². The van der Waals surface area contributed by atoms with Crippen LogP contribution in [0, 0.1) is 13.8 Å². The molecule has 6 heteroatoms. The first-order valence-corrected chi connectivity index (χ1v) is 12.3. The van der Waals surface area contributed by atoms with Gasteiger partial charge >= 0.3 is 0 Å². The second-order valence-corrected chi connectivity index (χ2v) is 10.4. The average molecular weight is 455 g/mol. The number of halogens is 1. The van der Waals surface area contributed by atoms with Crippen LogP contribution in [0.5, 0.6) is 0 Å². The fraction of sp³-hybridized carbons (Fsp3) is 0.280. The second-order valence-electron chi connectivity index (χ2n) is 8.07. The number of hydrogen-bond donors (Lipinski definition) is 0. The summed E-state index contributed by atoms with van der Waals surface area (Å²) in [5.74, 6) is 0. The molecule has 0 N–H and O–H groups in total. The number of sulfonamides is 1. The first-order valence-electron chi connectivity index (χ1n) is 10.5. The number of rotatable bonds is 5. The van der Waals surface area contributed by atoms with Crippen LogP contribution in [0.25, 0.3) is 0 Å². The molecular weight excluding hydrogens is 428 g/mol. The molecular formula is C25H27ClN2O2S. The fourth-order valence-corrected chi connectivity index (χ4v) is 5.78. The van der Waals surface area contributed by atoms with Gasteiger partial charge in [0.05, 0.1) is 10.9 Å². The maximum Gasteiger partial charge on any atom is 0.243 e. The van der Waals surface area contributed by atoms with E-state index in [1.807, 2.05) is 6.07 Å². The molecule has 3 aromatic rings. The number of benzene rings is 3. The minimum absolute atomic E-state index is 0.0986. The molecule has 1 aliphatic heterocycles. The first kappa shape index (κ1) is 22.0. The Balaban J connectivity index is 1.60. The Hall–Kier alpha value is -2.18. The van der Waals surface area contributed by atoms with Gasteiger partial charge in [-0.25, -0.2) is 8.42 Å². The molecule has 1 unspecified atom stereocenters. The van der Waals surface area contributed by atoms with E-state index in [0.717, 1.165) is 0 Å². The molecule has 0 bridgehead atoms. The van der Waals surface area contributed by atoms with Crippen molar-refractivity contribution in [2.45, 2.75) is 24.8 Å². The van der Waals surface area contributed by atoms with E-state index in [1.54, 1.807) is 28.6 Å². The van der Waals surface area contributed by atoms with Crippen molar-refractivity contribution in [2.24, 2.45) is 0 Å². The van der Waals surface area contributed by atoms with E-state index in [9.17, 15) is 8.42 Å². The molecule has 1 saturated heterocycles. The summed E-state index contributed by atoms with van der Waals surface area (Å²) in [5, 5.41) is 0.531. The summed E-state index contributed by atoms with van der Waals surface area (Å²) < 4.78 is 27.7. The van der Waals surface area contributed by atoms with Crippen molar-refractivity contribution in [1.29, 1.82) is 0 Å². The summed E-state index contributed by atoms with van der Waals surface area (Å²) in [6, 6.07) is 23.5. The van der Waals surface area contributed by atoms with Crippen molar-refractivity contribution < 1.29 is 8.42 Å². The molecule has 0 aliphatic carbocycles. The quantitative estimate of drug-likeness (QED) is 0.541. The van der Waals surface area contributed by atoms with Crippen molar-refractivity contribution in [3.63, 3.8) is 0 Å². The van der Waals surface area contributed by atoms with Crippen LogP contribution in [0.4, 0.5) is 0 Å². The third-order valence-electron chi connectivity index (χ3n) is 5.93. The molecule has 4 nitrogen and oxygen atoms in total. The molecule has 3 aromatic carbocycles. The molecule has 1 heterocycles. The summed E-state index contributed by atoms with van der Waals surface area (Å²) in [4.78, 5) is 2.69. The Morgan fingerprint density at radius 2 is 1.48 bits per heavy atom. The lowest BCUT2D eigenvalue weighted by Crippen LogP contribution is -2.49. The molecule has 4 rings (SSSR count). The zero-order valence-corrected chi connectivity index (χ0v) is 19.4. The van der Waals surface area contributed by atoms with Crippen molar-refractivity contribution in [3.8, 4) is 0 Å². The smallest absolute Gasteiger partial charge is 0.243 e. The van der Waals surface area contributed by atoms with Crippen molar-refractivity contribution in [2.75, 3.05) is 26.2 Å². The molecule has 0 spiro atoms. The summed E-state index contributed by atoms with van der Waals surface area (Å²) in [7, 11) is -3.52. The van der Waals surface area contributed by atoms with Crippen LogP contribution in [0.15, 0.2) is 77.7 Å². The van der Waals surface area contributed by atoms with E-state index < -0.39 is 10.0 Å². The van der Waals surface area contributed by atoms with Crippen molar-refractivity contribution in [1.82, 2.24) is 9.21 Å². The molecule has 0 amide bonds. The Morgan fingerprint density at radius 1 is 0.839 bits per heavy atom. The van der Waals surface area contributed by atoms with Gasteiger partial charge in [-0.3, -0.25) is 4.90 Å². The summed E-state index contributed by atoms with van der Waals surface area (Å²) in [5.41, 5.74) is 4.98. The van der Waals surface area contributed by atoms with Gasteiger partial charge in [0.15, 0.2) is 0 Å². The van der Waals surface area contributed by atoms with Crippen LogP contribution < -0.4 is 0 Å². The molecule has 0 radical (unpaired) electrons. The van der Waals surface area contributed by atoms with E-state index in [2.05, 4.69) is 61.2 Å². The zero-order chi connectivity index (χ0) is 22.0. The van der Waals surface area contributed by atoms with E-state index in [-0.39, 0.29) is 6.04 Å². The standard InChI is InChI=1S/C25H27ClN2O2S/c1-19-8-9-20(2)24(18-19)25(21-6-4-3-5-7-21)27-14-16-28(17-15-27)31(29,30)23-12-10-22(26)11-13-23/h3-13,18,25H,14-17H2,1-2H3. The molecule has 1 fully saturated rings. The van der Waals surface area contributed by atoms with Crippen LogP contribution in [0.2, 0.25) is 5.02 Å². The molecule has 31 heavy (non-hydrogen) atoms. The van der Waals surface area contributed by atoms with Crippen LogP contribution in [-0.2, 0) is 10.0 Å². The SMILES string of the molecule is Cc1ccc(C)c(C(c2ccccc2)N2CCN(S(=O)(=O)c3ccc(Cl)cc3)CC2)c1. The Bertz CT molecular complexity index is 1140. The molecule has 162 valence electrons. The third-order valence-corrected chi connectivity index (χ3v) is 8.10. The Morgan fingerprint density at radius 3 is 2.13 bits per heavy atom. The van der Waals surface area contributed by atoms with Gasteiger partial charge in [-0.05, 0) is 54.8 Å². The Kier molecular flexibility index (Phi) is 6.49. The highest BCUT2D eigenvalue weighted by atomic mass is 35.5. The van der Waals surface area contributed by atoms with Gasteiger partial charge in [-0.15, -0.1) is 0 Å². The van der Waals surface area contributed by atoms with Crippen LogP contribution in [0.3, 0.4) is 0 Å². The van der Waals surface area contributed by atoms with Gasteiger partial charge in [0.25, 0.3) is 0 Å². The fourth-order valence-electron chi connectivity index (χ4n) is 4.23. The summed E-state index contributed by atoms with van der Waals surface area (Å²) >= 11 is 5.93. The summed E-state index contributed by atoms with van der Waals surface area (Å²) in [6.45, 7) is 6.51. The predicted octanol–water partition coefficient (Wildman–Crippen LogP) is 5.05. The third kappa shape index (κ3) is 4.70. The van der Waals surface area contributed by atoms with Gasteiger partial charge in [-0.2, -0.15) is 4.31 Å². The number of hydrogen-bond acceptors (Lipinski definition) is 3. The summed E-state index contributed by atoms with van der Waals surface area (Å²) in [6.07, 6.45) is 0. The van der Waals surface area contributed by atoms with Crippen LogP contribution in [0.1, 0.15) is 28.3 Å². The highest BCUT2D eigenvalue weighted by Gasteiger charge is 2.32. The Labute approximate surface area is 190 Å². The normalized spacial score (nSPS) is 16.9. The van der Waals surface area contributed by atoms with Crippen LogP contribution >= 0.6 is 11.6 Å². The maximum atomic E-state index is 13.1. The average Bonchev–Trinajstić information content (AvgIpc) is 2.78. The lowest BCUT2D eigenvalue weighted by atomic mass is 9.92. The van der Waals surface area contributed by atoms with E-state index >= 15 is 0 Å². The molecule has 1 aliphatic rings. The minimum Gasteiger partial charge on any atom is -0.290 e. The first-order chi connectivity index (χ1) is 14.9. The van der Waals surface area contributed by atoms with E-state index in [1.165, 1.54) is 22.3 Å². The lowest BCUT2D eigenvalue weighted by Gasteiger charge is -2.39. The maximum absolute atomic E-state index is 13.1. The second kappa shape index (κ2) is 9.13. The van der Waals surface area contributed by atoms with Gasteiger partial charge in [0.2, 0.25) is 10.0 Å². The lowest BCUT2D eigenvalue weighted by molar-refractivity contribution is 0.155. The van der Waals surface area contributed by atoms with Gasteiger partial charge in [-0.1, -0.05) is 65.7 Å². The van der Waals surface area contributed by atoms with Crippen molar-refractivity contribution in [3.05, 3.63) is 100 Å². The van der Waals surface area contributed by atoms with Gasteiger partial charge in [0.1, 0.15) is 0 Å². The topological polar surface area (TPSA) is 40.6 Å². The number of nitrogens with zero attached hydrogens (tertiary/aromatic N) is 2. The monoisotopic (exact) mass is 454 g/mol. The zero-order valence-electron chi connectivity index (χ0n) is 17.8. The molecule has 1 atom stereocenters. The highest BCUT2D eigenvalue weighted by molar-refractivity contribution is 7.89. The van der Waals surface area contributed by atoms with Gasteiger partial charge < -0.3 is 0 Å². The molecule has 0 aromatic heterocycles. The number of aryl methyl sites for hydroxylation is 2. The van der Waals surface area contributed by atoms with E-state index in [4.69, 9.17) is 11.6 Å². The predicted molar refractivity (Wildman–Crippen MR) is 126 cm³/mol.